The van der Waals surface area contributed by atoms with E-state index in [1.54, 1.807) is 18.3 Å². The van der Waals surface area contributed by atoms with E-state index < -0.39 is 10.0 Å². The molecule has 2 aliphatic rings. The van der Waals surface area contributed by atoms with Crippen LogP contribution in [0.15, 0.2) is 41.1 Å². The molecule has 1 amide bonds. The van der Waals surface area contributed by atoms with Crippen molar-refractivity contribution in [2.75, 3.05) is 32.7 Å². The predicted octanol–water partition coefficient (Wildman–Crippen LogP) is 2.03. The van der Waals surface area contributed by atoms with Gasteiger partial charge in [-0.1, -0.05) is 11.6 Å². The van der Waals surface area contributed by atoms with Crippen LogP contribution in [-0.4, -0.2) is 67.3 Å². The number of nitrogens with zero attached hydrogens (tertiary/aromatic N) is 3. The Morgan fingerprint density at radius 2 is 1.86 bits per heavy atom. The summed E-state index contributed by atoms with van der Waals surface area (Å²) in [6.07, 6.45) is 8.23. The first kappa shape index (κ1) is 21.9. The number of pyridine rings is 1. The molecule has 8 heteroatoms. The molecule has 0 saturated carbocycles. The Hall–Kier alpha value is -1.77. The van der Waals surface area contributed by atoms with Crippen molar-refractivity contribution < 1.29 is 13.2 Å². The molecule has 7 nitrogen and oxygen atoms in total. The molecule has 2 saturated heterocycles. The second kappa shape index (κ2) is 9.82. The summed E-state index contributed by atoms with van der Waals surface area (Å²) < 4.78 is 26.8. The fourth-order valence-corrected chi connectivity index (χ4v) is 5.33. The van der Waals surface area contributed by atoms with Crippen molar-refractivity contribution in [1.29, 1.82) is 0 Å². The van der Waals surface area contributed by atoms with Gasteiger partial charge in [-0.25, -0.2) is 8.42 Å². The Morgan fingerprint density at radius 3 is 2.45 bits per heavy atom. The lowest BCUT2D eigenvalue weighted by atomic mass is 9.96. The number of carbonyl (C=O) groups excluding carboxylic acids is 1. The lowest BCUT2D eigenvalue weighted by Gasteiger charge is -2.34. The third-order valence-corrected chi connectivity index (χ3v) is 7.67. The molecule has 2 aliphatic heterocycles. The summed E-state index contributed by atoms with van der Waals surface area (Å²) in [5, 5.41) is 3.20. The third kappa shape index (κ3) is 5.87. The Balaban J connectivity index is 1.44. The number of aromatic nitrogens is 1. The summed E-state index contributed by atoms with van der Waals surface area (Å²) in [7, 11) is -3.53. The molecule has 2 fully saturated rings. The zero-order valence-corrected chi connectivity index (χ0v) is 18.2. The van der Waals surface area contributed by atoms with Gasteiger partial charge in [0, 0.05) is 57.1 Å². The molecule has 160 valence electrons. The van der Waals surface area contributed by atoms with E-state index >= 15 is 0 Å². The van der Waals surface area contributed by atoms with Crippen LogP contribution in [0.5, 0.6) is 0 Å². The molecule has 3 rings (SSSR count). The van der Waals surface area contributed by atoms with Gasteiger partial charge in [0.15, 0.2) is 0 Å². The number of hydrogen-bond acceptors (Lipinski definition) is 5. The van der Waals surface area contributed by atoms with Gasteiger partial charge in [-0.05, 0) is 51.7 Å². The van der Waals surface area contributed by atoms with Gasteiger partial charge >= 0.3 is 0 Å². The van der Waals surface area contributed by atoms with Crippen molar-refractivity contribution in [3.63, 3.8) is 0 Å². The maximum absolute atomic E-state index is 12.7. The van der Waals surface area contributed by atoms with E-state index in [2.05, 4.69) is 35.1 Å². The van der Waals surface area contributed by atoms with Crippen molar-refractivity contribution in [3.8, 4) is 0 Å². The standard InChI is InChI=1S/C21H32N4O3S/c1-17(2)5-11-24-12-8-19(9-13-24)23-21(26)18-6-14-25(15-7-18)29(27,28)20-4-3-10-22-16-20/h3-5,10,16,18-19H,6-9,11-15H2,1-2H3,(H,23,26). The van der Waals surface area contributed by atoms with Crippen LogP contribution in [0.4, 0.5) is 0 Å². The van der Waals surface area contributed by atoms with Crippen LogP contribution in [-0.2, 0) is 14.8 Å². The topological polar surface area (TPSA) is 82.6 Å². The SMILES string of the molecule is CC(C)=CCN1CCC(NC(=O)C2CCN(S(=O)(=O)c3cccnc3)CC2)CC1. The Bertz CT molecular complexity index is 806. The van der Waals surface area contributed by atoms with Crippen molar-refractivity contribution in [2.24, 2.45) is 5.92 Å². The largest absolute Gasteiger partial charge is 0.353 e. The molecule has 0 aromatic carbocycles. The quantitative estimate of drug-likeness (QED) is 0.712. The highest BCUT2D eigenvalue weighted by molar-refractivity contribution is 7.89. The number of rotatable bonds is 6. The van der Waals surface area contributed by atoms with Crippen LogP contribution < -0.4 is 5.32 Å². The van der Waals surface area contributed by atoms with Crippen molar-refractivity contribution in [2.45, 2.75) is 50.5 Å². The minimum Gasteiger partial charge on any atom is -0.353 e. The molecule has 3 heterocycles. The van der Waals surface area contributed by atoms with E-state index in [1.807, 2.05) is 0 Å². The summed E-state index contributed by atoms with van der Waals surface area (Å²) in [4.78, 5) is 19.2. The summed E-state index contributed by atoms with van der Waals surface area (Å²) in [5.41, 5.74) is 1.33. The number of allylic oxidation sites excluding steroid dienone is 1. The van der Waals surface area contributed by atoms with E-state index in [4.69, 9.17) is 0 Å². The summed E-state index contributed by atoms with van der Waals surface area (Å²) in [5.74, 6) is -0.0368. The van der Waals surface area contributed by atoms with Gasteiger partial charge in [-0.3, -0.25) is 14.7 Å². The van der Waals surface area contributed by atoms with Crippen LogP contribution in [0.25, 0.3) is 0 Å². The molecule has 29 heavy (non-hydrogen) atoms. The minimum atomic E-state index is -3.53. The van der Waals surface area contributed by atoms with E-state index in [1.165, 1.54) is 16.1 Å². The van der Waals surface area contributed by atoms with Crippen LogP contribution in [0.3, 0.4) is 0 Å². The number of sulfonamides is 1. The van der Waals surface area contributed by atoms with Crippen LogP contribution in [0.2, 0.25) is 0 Å². The molecule has 0 unspecified atom stereocenters. The highest BCUT2D eigenvalue weighted by Crippen LogP contribution is 2.24. The van der Waals surface area contributed by atoms with E-state index in [0.717, 1.165) is 32.5 Å². The van der Waals surface area contributed by atoms with Crippen molar-refractivity contribution in [3.05, 3.63) is 36.2 Å². The van der Waals surface area contributed by atoms with E-state index in [9.17, 15) is 13.2 Å². The van der Waals surface area contributed by atoms with Gasteiger partial charge in [0.1, 0.15) is 4.90 Å². The Kier molecular flexibility index (Phi) is 7.43. The molecule has 0 spiro atoms. The summed E-state index contributed by atoms with van der Waals surface area (Å²) >= 11 is 0. The number of carbonyl (C=O) groups is 1. The van der Waals surface area contributed by atoms with Gasteiger partial charge in [0.25, 0.3) is 0 Å². The molecular formula is C21H32N4O3S. The van der Waals surface area contributed by atoms with Crippen LogP contribution in [0, 0.1) is 5.92 Å². The maximum Gasteiger partial charge on any atom is 0.244 e. The zero-order chi connectivity index (χ0) is 20.9. The monoisotopic (exact) mass is 420 g/mol. The molecule has 1 aromatic heterocycles. The van der Waals surface area contributed by atoms with Gasteiger partial charge in [0.05, 0.1) is 0 Å². The number of amides is 1. The average Bonchev–Trinajstić information content (AvgIpc) is 2.74. The molecule has 1 N–H and O–H groups in total. The van der Waals surface area contributed by atoms with Gasteiger partial charge in [0.2, 0.25) is 15.9 Å². The summed E-state index contributed by atoms with van der Waals surface area (Å²) in [6, 6.07) is 3.41. The second-order valence-electron chi connectivity index (χ2n) is 8.23. The lowest BCUT2D eigenvalue weighted by molar-refractivity contribution is -0.127. The number of likely N-dealkylation sites (tertiary alicyclic amines) is 1. The van der Waals surface area contributed by atoms with Gasteiger partial charge < -0.3 is 5.32 Å². The molecule has 0 aliphatic carbocycles. The highest BCUT2D eigenvalue weighted by Gasteiger charge is 2.33. The average molecular weight is 421 g/mol. The number of nitrogens with one attached hydrogen (secondary N) is 1. The minimum absolute atomic E-state index is 0.0752. The van der Waals surface area contributed by atoms with Gasteiger partial charge in [-0.2, -0.15) is 4.31 Å². The number of hydrogen-bond donors (Lipinski definition) is 1. The molecular weight excluding hydrogens is 388 g/mol. The maximum atomic E-state index is 12.7. The fourth-order valence-electron chi connectivity index (χ4n) is 3.90. The smallest absolute Gasteiger partial charge is 0.244 e. The molecule has 0 radical (unpaired) electrons. The van der Waals surface area contributed by atoms with Crippen LogP contribution in [0.1, 0.15) is 39.5 Å². The van der Waals surface area contributed by atoms with Gasteiger partial charge in [-0.15, -0.1) is 0 Å². The first-order chi connectivity index (χ1) is 13.9. The fraction of sp³-hybridized carbons (Fsp3) is 0.619. The third-order valence-electron chi connectivity index (χ3n) is 5.79. The normalized spacial score (nSPS) is 20.3. The highest BCUT2D eigenvalue weighted by atomic mass is 32.2. The first-order valence-electron chi connectivity index (χ1n) is 10.4. The molecule has 1 aromatic rings. The second-order valence-corrected chi connectivity index (χ2v) is 10.2. The Morgan fingerprint density at radius 1 is 1.17 bits per heavy atom. The molecule has 0 bridgehead atoms. The zero-order valence-electron chi connectivity index (χ0n) is 17.4. The summed E-state index contributed by atoms with van der Waals surface area (Å²) in [6.45, 7) is 7.94. The number of piperidine rings is 2. The molecule has 0 atom stereocenters. The predicted molar refractivity (Wildman–Crippen MR) is 113 cm³/mol. The van der Waals surface area contributed by atoms with Crippen molar-refractivity contribution in [1.82, 2.24) is 19.5 Å². The first-order valence-corrected chi connectivity index (χ1v) is 11.9. The van der Waals surface area contributed by atoms with E-state index in [-0.39, 0.29) is 22.8 Å². The Labute approximate surface area is 174 Å². The van der Waals surface area contributed by atoms with Crippen LogP contribution >= 0.6 is 0 Å². The lowest BCUT2D eigenvalue weighted by Crippen LogP contribution is -2.48. The van der Waals surface area contributed by atoms with E-state index in [0.29, 0.717) is 25.9 Å². The van der Waals surface area contributed by atoms with Crippen molar-refractivity contribution >= 4 is 15.9 Å².